The molecule has 3 rings (SSSR count). The molecule has 2 aliphatic heterocycles. The molecule has 21 heavy (non-hydrogen) atoms. The van der Waals surface area contributed by atoms with Crippen LogP contribution in [0.4, 0.5) is 5.69 Å². The second kappa shape index (κ2) is 7.28. The minimum Gasteiger partial charge on any atom is -0.383 e. The molecule has 0 aliphatic carbocycles. The number of para-hydroxylation sites is 1. The molecule has 1 aromatic rings. The van der Waals surface area contributed by atoms with Gasteiger partial charge in [0, 0.05) is 24.8 Å². The number of anilines is 1. The van der Waals surface area contributed by atoms with Gasteiger partial charge in [0.25, 0.3) is 0 Å². The molecule has 1 N–H and O–H groups in total. The molecule has 0 amide bonds. The predicted molar refractivity (Wildman–Crippen MR) is 89.7 cm³/mol. The SMILES string of the molecule is CN1CCCCC1CNc1ccccc1CN1CCCC1. The molecule has 116 valence electrons. The van der Waals surface area contributed by atoms with E-state index in [0.29, 0.717) is 6.04 Å². The number of likely N-dealkylation sites (N-methyl/N-ethyl adjacent to an activating group) is 1. The molecule has 2 heterocycles. The van der Waals surface area contributed by atoms with E-state index in [1.165, 1.54) is 63.0 Å². The smallest absolute Gasteiger partial charge is 0.0386 e. The number of rotatable bonds is 5. The molecule has 2 saturated heterocycles. The van der Waals surface area contributed by atoms with Crippen molar-refractivity contribution in [2.45, 2.75) is 44.7 Å². The van der Waals surface area contributed by atoms with Crippen molar-refractivity contribution < 1.29 is 0 Å². The van der Waals surface area contributed by atoms with Crippen molar-refractivity contribution in [3.8, 4) is 0 Å². The van der Waals surface area contributed by atoms with Crippen molar-refractivity contribution in [3.63, 3.8) is 0 Å². The maximum Gasteiger partial charge on any atom is 0.0386 e. The highest BCUT2D eigenvalue weighted by molar-refractivity contribution is 5.51. The molecular formula is C18H29N3. The molecule has 0 saturated carbocycles. The zero-order chi connectivity index (χ0) is 14.5. The van der Waals surface area contributed by atoms with E-state index in [1.807, 2.05) is 0 Å². The summed E-state index contributed by atoms with van der Waals surface area (Å²) in [5, 5.41) is 3.72. The van der Waals surface area contributed by atoms with Crippen LogP contribution in [0.1, 0.15) is 37.7 Å². The topological polar surface area (TPSA) is 18.5 Å². The van der Waals surface area contributed by atoms with E-state index >= 15 is 0 Å². The zero-order valence-corrected chi connectivity index (χ0v) is 13.4. The van der Waals surface area contributed by atoms with Gasteiger partial charge in [-0.2, -0.15) is 0 Å². The summed E-state index contributed by atoms with van der Waals surface area (Å²) in [5.41, 5.74) is 2.79. The minimum atomic E-state index is 0.693. The van der Waals surface area contributed by atoms with Crippen LogP contribution < -0.4 is 5.32 Å². The van der Waals surface area contributed by atoms with Crippen molar-refractivity contribution in [2.24, 2.45) is 0 Å². The van der Waals surface area contributed by atoms with E-state index in [0.717, 1.165) is 13.1 Å². The van der Waals surface area contributed by atoms with E-state index in [2.05, 4.69) is 46.4 Å². The number of nitrogens with zero attached hydrogens (tertiary/aromatic N) is 2. The number of nitrogens with one attached hydrogen (secondary N) is 1. The highest BCUT2D eigenvalue weighted by Crippen LogP contribution is 2.21. The van der Waals surface area contributed by atoms with Crippen LogP contribution in [0.2, 0.25) is 0 Å². The second-order valence-electron chi connectivity index (χ2n) is 6.65. The van der Waals surface area contributed by atoms with E-state index in [1.54, 1.807) is 0 Å². The lowest BCUT2D eigenvalue weighted by atomic mass is 10.0. The monoisotopic (exact) mass is 287 g/mol. The van der Waals surface area contributed by atoms with Crippen molar-refractivity contribution in [1.29, 1.82) is 0 Å². The van der Waals surface area contributed by atoms with E-state index in [9.17, 15) is 0 Å². The Bertz CT molecular complexity index is 440. The van der Waals surface area contributed by atoms with Gasteiger partial charge in [0.2, 0.25) is 0 Å². The highest BCUT2D eigenvalue weighted by Gasteiger charge is 2.19. The van der Waals surface area contributed by atoms with E-state index in [4.69, 9.17) is 0 Å². The van der Waals surface area contributed by atoms with Gasteiger partial charge < -0.3 is 10.2 Å². The summed E-state index contributed by atoms with van der Waals surface area (Å²) in [7, 11) is 2.27. The Kier molecular flexibility index (Phi) is 5.15. The van der Waals surface area contributed by atoms with Crippen molar-refractivity contribution in [2.75, 3.05) is 38.5 Å². The number of hydrogen-bond acceptors (Lipinski definition) is 3. The molecule has 1 aromatic carbocycles. The summed E-state index contributed by atoms with van der Waals surface area (Å²) in [6.07, 6.45) is 6.80. The fourth-order valence-electron chi connectivity index (χ4n) is 3.64. The summed E-state index contributed by atoms with van der Waals surface area (Å²) in [4.78, 5) is 5.09. The third kappa shape index (κ3) is 3.98. The first kappa shape index (κ1) is 14.9. The van der Waals surface area contributed by atoms with Crippen LogP contribution in [0.15, 0.2) is 24.3 Å². The van der Waals surface area contributed by atoms with Gasteiger partial charge in [-0.3, -0.25) is 4.90 Å². The molecule has 0 aromatic heterocycles. The molecule has 0 spiro atoms. The lowest BCUT2D eigenvalue weighted by Gasteiger charge is -2.33. The van der Waals surface area contributed by atoms with Gasteiger partial charge in [-0.1, -0.05) is 24.6 Å². The first-order valence-electron chi connectivity index (χ1n) is 8.57. The highest BCUT2D eigenvalue weighted by atomic mass is 15.2. The molecule has 1 unspecified atom stereocenters. The average Bonchev–Trinajstić information content (AvgIpc) is 3.01. The summed E-state index contributed by atoms with van der Waals surface area (Å²) in [6, 6.07) is 9.54. The summed E-state index contributed by atoms with van der Waals surface area (Å²) < 4.78 is 0. The van der Waals surface area contributed by atoms with Gasteiger partial charge in [-0.25, -0.2) is 0 Å². The third-order valence-electron chi connectivity index (χ3n) is 5.06. The van der Waals surface area contributed by atoms with Crippen LogP contribution in [-0.2, 0) is 6.54 Å². The van der Waals surface area contributed by atoms with Gasteiger partial charge in [0.05, 0.1) is 0 Å². The Labute approximate surface area is 129 Å². The zero-order valence-electron chi connectivity index (χ0n) is 13.4. The first-order valence-corrected chi connectivity index (χ1v) is 8.57. The number of piperidine rings is 1. The molecular weight excluding hydrogens is 258 g/mol. The minimum absolute atomic E-state index is 0.693. The third-order valence-corrected chi connectivity index (χ3v) is 5.06. The van der Waals surface area contributed by atoms with Crippen LogP contribution in [0, 0.1) is 0 Å². The van der Waals surface area contributed by atoms with Crippen molar-refractivity contribution in [3.05, 3.63) is 29.8 Å². The standard InChI is InChI=1S/C18H29N3/c1-20-11-5-4-9-17(20)14-19-18-10-3-2-8-16(18)15-21-12-6-7-13-21/h2-3,8,10,17,19H,4-7,9,11-15H2,1H3. The van der Waals surface area contributed by atoms with Crippen LogP contribution in [0.3, 0.4) is 0 Å². The second-order valence-corrected chi connectivity index (χ2v) is 6.65. The molecule has 3 heteroatoms. The molecule has 1 atom stereocenters. The van der Waals surface area contributed by atoms with Crippen LogP contribution >= 0.6 is 0 Å². The van der Waals surface area contributed by atoms with Gasteiger partial charge in [-0.15, -0.1) is 0 Å². The lowest BCUT2D eigenvalue weighted by Crippen LogP contribution is -2.40. The molecule has 0 bridgehead atoms. The average molecular weight is 287 g/mol. The van der Waals surface area contributed by atoms with Gasteiger partial charge in [0.15, 0.2) is 0 Å². The van der Waals surface area contributed by atoms with Crippen LogP contribution in [0.25, 0.3) is 0 Å². The predicted octanol–water partition coefficient (Wildman–Crippen LogP) is 3.18. The molecule has 2 fully saturated rings. The Morgan fingerprint density at radius 3 is 2.62 bits per heavy atom. The Balaban J connectivity index is 1.59. The lowest BCUT2D eigenvalue weighted by molar-refractivity contribution is 0.194. The Morgan fingerprint density at radius 1 is 1.05 bits per heavy atom. The van der Waals surface area contributed by atoms with Crippen molar-refractivity contribution >= 4 is 5.69 Å². The number of likely N-dealkylation sites (tertiary alicyclic amines) is 2. The number of benzene rings is 1. The fourth-order valence-corrected chi connectivity index (χ4v) is 3.64. The maximum atomic E-state index is 3.72. The van der Waals surface area contributed by atoms with Gasteiger partial charge >= 0.3 is 0 Å². The Hall–Kier alpha value is -1.06. The summed E-state index contributed by atoms with van der Waals surface area (Å²) >= 11 is 0. The maximum absolute atomic E-state index is 3.72. The normalized spacial score (nSPS) is 24.3. The van der Waals surface area contributed by atoms with Gasteiger partial charge in [0.1, 0.15) is 0 Å². The van der Waals surface area contributed by atoms with Gasteiger partial charge in [-0.05, 0) is 64.0 Å². The number of hydrogen-bond donors (Lipinski definition) is 1. The largest absolute Gasteiger partial charge is 0.383 e. The quantitative estimate of drug-likeness (QED) is 0.897. The van der Waals surface area contributed by atoms with Crippen molar-refractivity contribution in [1.82, 2.24) is 9.80 Å². The Morgan fingerprint density at radius 2 is 1.81 bits per heavy atom. The van der Waals surface area contributed by atoms with E-state index < -0.39 is 0 Å². The molecule has 0 radical (unpaired) electrons. The molecule has 3 nitrogen and oxygen atoms in total. The van der Waals surface area contributed by atoms with Crippen LogP contribution in [0.5, 0.6) is 0 Å². The summed E-state index contributed by atoms with van der Waals surface area (Å²) in [5.74, 6) is 0. The molecule has 2 aliphatic rings. The van der Waals surface area contributed by atoms with Crippen LogP contribution in [-0.4, -0.2) is 49.1 Å². The first-order chi connectivity index (χ1) is 10.3. The van der Waals surface area contributed by atoms with E-state index in [-0.39, 0.29) is 0 Å². The fraction of sp³-hybridized carbons (Fsp3) is 0.667. The summed E-state index contributed by atoms with van der Waals surface area (Å²) in [6.45, 7) is 5.96.